The van der Waals surface area contributed by atoms with Gasteiger partial charge in [-0.05, 0) is 51.4 Å². The fraction of sp³-hybridized carbons (Fsp3) is 0.846. The average molecular weight is 541 g/mol. The molecular weight excluding hydrogens is 500 g/mol. The second-order valence-electron chi connectivity index (χ2n) is 11.3. The molecule has 38 heavy (non-hydrogen) atoms. The number of esters is 1. The fourth-order valence-corrected chi connectivity index (χ4v) is 6.35. The van der Waals surface area contributed by atoms with Crippen LogP contribution in [-0.2, 0) is 43.2 Å². The van der Waals surface area contributed by atoms with E-state index < -0.39 is 47.9 Å². The normalized spacial score (nSPS) is 38.3. The van der Waals surface area contributed by atoms with Crippen LogP contribution in [0.2, 0.25) is 0 Å². The molecule has 5 rings (SSSR count). The molecule has 1 saturated carbocycles. The maximum Gasteiger partial charge on any atom is 0.325 e. The minimum atomic E-state index is -1.12. The Morgan fingerprint density at radius 3 is 2.53 bits per heavy atom. The highest BCUT2D eigenvalue weighted by Gasteiger charge is 2.69. The Kier molecular flexibility index (Phi) is 8.65. The number of rotatable bonds is 10. The Hall–Kier alpha value is -2.28. The number of carbonyl (C=O) groups excluding carboxylic acids is 3. The molecule has 1 spiro atoms. The molecule has 214 valence electrons. The van der Waals surface area contributed by atoms with Crippen LogP contribution in [0, 0.1) is 23.7 Å². The molecule has 0 unspecified atom stereocenters. The fourth-order valence-electron chi connectivity index (χ4n) is 6.35. The third-order valence-corrected chi connectivity index (χ3v) is 8.55. The first kappa shape index (κ1) is 28.7. The Balaban J connectivity index is 1.24. The Labute approximate surface area is 222 Å². The van der Waals surface area contributed by atoms with Crippen LogP contribution < -0.4 is 10.6 Å². The van der Waals surface area contributed by atoms with Gasteiger partial charge in [-0.25, -0.2) is 9.78 Å². The van der Waals surface area contributed by atoms with E-state index in [1.807, 2.05) is 13.8 Å². The van der Waals surface area contributed by atoms with Gasteiger partial charge in [0, 0.05) is 37.6 Å². The number of carboxylic acids is 1. The van der Waals surface area contributed by atoms with Crippen molar-refractivity contribution in [1.29, 1.82) is 0 Å². The largest absolute Gasteiger partial charge is 0.480 e. The van der Waals surface area contributed by atoms with E-state index in [4.69, 9.17) is 29.1 Å². The van der Waals surface area contributed by atoms with E-state index in [2.05, 4.69) is 17.6 Å². The molecule has 2 amide bonds. The van der Waals surface area contributed by atoms with Crippen molar-refractivity contribution in [2.45, 2.75) is 109 Å². The summed E-state index contributed by atoms with van der Waals surface area (Å²) in [5, 5.41) is 13.8. The summed E-state index contributed by atoms with van der Waals surface area (Å²) in [5.41, 5.74) is -0.738. The van der Waals surface area contributed by atoms with Crippen LogP contribution in [0.1, 0.15) is 79.1 Å². The van der Waals surface area contributed by atoms with Gasteiger partial charge in [0.05, 0.1) is 6.42 Å². The molecule has 0 aromatic rings. The standard InChI is InChI=1S/C26H40N2O10/c1-14-7-8-18-15(2)23(35-24-26(18)17(14)11-12-25(4,36-24)37-38-26)34-21(31)10-9-19(29)27-13-5-6-20(30)28-16(3)22(32)33/h14-18,23-24H,5-13H2,1-4H3,(H,27,29)(H,28,30)(H,32,33)/t14-,15+,16-,17+,18-,23-,24+,25+,26+/m1/s1. The molecule has 3 N–H and O–H groups in total. The van der Waals surface area contributed by atoms with Gasteiger partial charge in [-0.15, -0.1) is 0 Å². The van der Waals surface area contributed by atoms with Crippen molar-refractivity contribution >= 4 is 23.8 Å². The van der Waals surface area contributed by atoms with Gasteiger partial charge in [-0.1, -0.05) is 13.8 Å². The Morgan fingerprint density at radius 2 is 1.79 bits per heavy atom. The molecule has 4 heterocycles. The summed E-state index contributed by atoms with van der Waals surface area (Å²) in [7, 11) is 0. The maximum atomic E-state index is 12.6. The summed E-state index contributed by atoms with van der Waals surface area (Å²) in [6.07, 6.45) is 2.22. The monoisotopic (exact) mass is 540 g/mol. The molecule has 5 fully saturated rings. The predicted octanol–water partition coefficient (Wildman–Crippen LogP) is 2.00. The second kappa shape index (κ2) is 11.4. The van der Waals surface area contributed by atoms with E-state index in [1.165, 1.54) is 6.92 Å². The lowest BCUT2D eigenvalue weighted by molar-refractivity contribution is -0.576. The molecule has 1 aliphatic carbocycles. The van der Waals surface area contributed by atoms with Crippen LogP contribution >= 0.6 is 0 Å². The topological polar surface area (TPSA) is 159 Å². The van der Waals surface area contributed by atoms with E-state index in [0.717, 1.165) is 19.3 Å². The predicted molar refractivity (Wildman–Crippen MR) is 130 cm³/mol. The van der Waals surface area contributed by atoms with Crippen LogP contribution in [0.3, 0.4) is 0 Å². The number of hydrogen-bond donors (Lipinski definition) is 3. The summed E-state index contributed by atoms with van der Waals surface area (Å²) in [5.74, 6) is -2.80. The summed E-state index contributed by atoms with van der Waals surface area (Å²) in [6.45, 7) is 7.66. The van der Waals surface area contributed by atoms with Gasteiger partial charge >= 0.3 is 11.9 Å². The molecule has 12 heteroatoms. The van der Waals surface area contributed by atoms with Gasteiger partial charge in [-0.2, -0.15) is 0 Å². The van der Waals surface area contributed by atoms with Crippen molar-refractivity contribution in [2.75, 3.05) is 6.54 Å². The molecule has 0 aromatic heterocycles. The SMILES string of the molecule is C[C@@H]1[C@H](OC(=O)CCC(=O)NCCCC(=O)N[C@H](C)C(=O)O)O[C@H]2O[C@]3(C)CC[C@H]4[C@H](C)CC[C@H]1[C@]24OO3. The van der Waals surface area contributed by atoms with Crippen LogP contribution in [0.4, 0.5) is 0 Å². The van der Waals surface area contributed by atoms with Gasteiger partial charge in [0.1, 0.15) is 6.04 Å². The number of ether oxygens (including phenoxy) is 3. The van der Waals surface area contributed by atoms with E-state index >= 15 is 0 Å². The number of hydrogen-bond acceptors (Lipinski definition) is 9. The van der Waals surface area contributed by atoms with Gasteiger partial charge in [-0.3, -0.25) is 19.2 Å². The van der Waals surface area contributed by atoms with Crippen molar-refractivity contribution in [1.82, 2.24) is 10.6 Å². The van der Waals surface area contributed by atoms with E-state index in [1.54, 1.807) is 0 Å². The zero-order valence-electron chi connectivity index (χ0n) is 22.5. The minimum Gasteiger partial charge on any atom is -0.480 e. The minimum absolute atomic E-state index is 0.0295. The number of fused-ring (bicyclic) bond motifs is 2. The highest BCUT2D eigenvalue weighted by molar-refractivity contribution is 5.83. The van der Waals surface area contributed by atoms with E-state index in [9.17, 15) is 19.2 Å². The van der Waals surface area contributed by atoms with E-state index in [-0.39, 0.29) is 49.5 Å². The summed E-state index contributed by atoms with van der Waals surface area (Å²) >= 11 is 0. The molecule has 0 radical (unpaired) electrons. The van der Waals surface area contributed by atoms with Crippen molar-refractivity contribution in [2.24, 2.45) is 23.7 Å². The number of nitrogens with one attached hydrogen (secondary N) is 2. The smallest absolute Gasteiger partial charge is 0.325 e. The van der Waals surface area contributed by atoms with Crippen molar-refractivity contribution in [3.05, 3.63) is 0 Å². The van der Waals surface area contributed by atoms with Crippen molar-refractivity contribution in [3.63, 3.8) is 0 Å². The highest BCUT2D eigenvalue weighted by Crippen LogP contribution is 2.60. The quantitative estimate of drug-likeness (QED) is 0.213. The molecule has 0 aromatic carbocycles. The zero-order valence-corrected chi connectivity index (χ0v) is 22.5. The molecule has 4 aliphatic heterocycles. The van der Waals surface area contributed by atoms with Crippen LogP contribution in [0.15, 0.2) is 0 Å². The third-order valence-electron chi connectivity index (χ3n) is 8.55. The van der Waals surface area contributed by atoms with Gasteiger partial charge < -0.3 is 30.0 Å². The average Bonchev–Trinajstić information content (AvgIpc) is 3.09. The molecule has 4 saturated heterocycles. The first-order chi connectivity index (χ1) is 17.9. The number of carboxylic acid groups (broad SMARTS) is 1. The summed E-state index contributed by atoms with van der Waals surface area (Å²) in [6, 6.07) is -0.971. The molecule has 5 aliphatic rings. The first-order valence-electron chi connectivity index (χ1n) is 13.6. The number of amides is 2. The third kappa shape index (κ3) is 5.83. The Morgan fingerprint density at radius 1 is 1.03 bits per heavy atom. The molecular formula is C26H40N2O10. The zero-order chi connectivity index (χ0) is 27.7. The lowest BCUT2D eigenvalue weighted by Crippen LogP contribution is -2.70. The number of carbonyl (C=O) groups is 4. The first-order valence-corrected chi connectivity index (χ1v) is 13.6. The maximum absolute atomic E-state index is 12.6. The molecule has 12 nitrogen and oxygen atoms in total. The van der Waals surface area contributed by atoms with Crippen LogP contribution in [0.25, 0.3) is 0 Å². The summed E-state index contributed by atoms with van der Waals surface area (Å²) < 4.78 is 18.2. The molecule has 2 bridgehead atoms. The van der Waals surface area contributed by atoms with Crippen LogP contribution in [-0.4, -0.2) is 65.4 Å². The van der Waals surface area contributed by atoms with Gasteiger partial charge in [0.15, 0.2) is 11.9 Å². The highest BCUT2D eigenvalue weighted by atomic mass is 17.3. The van der Waals surface area contributed by atoms with E-state index in [0.29, 0.717) is 18.8 Å². The van der Waals surface area contributed by atoms with Crippen molar-refractivity contribution in [3.8, 4) is 0 Å². The second-order valence-corrected chi connectivity index (χ2v) is 11.3. The Bertz CT molecular complexity index is 930. The van der Waals surface area contributed by atoms with Gasteiger partial charge in [0.25, 0.3) is 0 Å². The summed E-state index contributed by atoms with van der Waals surface area (Å²) in [4.78, 5) is 59.1. The number of aliphatic carboxylic acids is 1. The lowest BCUT2D eigenvalue weighted by atomic mass is 9.58. The van der Waals surface area contributed by atoms with Crippen LogP contribution in [0.5, 0.6) is 0 Å². The van der Waals surface area contributed by atoms with Crippen molar-refractivity contribution < 1.29 is 48.3 Å². The van der Waals surface area contributed by atoms with Gasteiger partial charge in [0.2, 0.25) is 23.9 Å². The molecule has 9 atom stereocenters. The lowest BCUT2D eigenvalue weighted by Gasteiger charge is -2.59.